The van der Waals surface area contributed by atoms with Crippen molar-refractivity contribution in [3.63, 3.8) is 0 Å². The molecule has 1 aromatic rings. The topological polar surface area (TPSA) is 46.2 Å². The summed E-state index contributed by atoms with van der Waals surface area (Å²) < 4.78 is 38.3. The van der Waals surface area contributed by atoms with Crippen LogP contribution in [0.15, 0.2) is 28.7 Å². The third-order valence-electron chi connectivity index (χ3n) is 2.25. The minimum Gasteiger partial charge on any atom is -0.379 e. The maximum Gasteiger partial charge on any atom is 0.418 e. The van der Waals surface area contributed by atoms with Crippen LogP contribution < -0.4 is 5.73 Å². The molecule has 1 unspecified atom stereocenters. The molecule has 0 saturated heterocycles. The molecule has 2 nitrogen and oxygen atoms in total. The molecule has 0 bridgehead atoms. The summed E-state index contributed by atoms with van der Waals surface area (Å²) in [6.45, 7) is -0.858. The summed E-state index contributed by atoms with van der Waals surface area (Å²) in [6.07, 6.45) is -5.28. The van der Waals surface area contributed by atoms with Gasteiger partial charge in [0.15, 0.2) is 5.60 Å². The van der Waals surface area contributed by atoms with E-state index in [1.807, 2.05) is 0 Å². The van der Waals surface area contributed by atoms with E-state index in [-0.39, 0.29) is 0 Å². The van der Waals surface area contributed by atoms with Crippen molar-refractivity contribution in [2.75, 3.05) is 6.54 Å². The van der Waals surface area contributed by atoms with E-state index in [2.05, 4.69) is 15.9 Å². The molecule has 0 fully saturated rings. The Morgan fingerprint density at radius 1 is 1.31 bits per heavy atom. The Labute approximate surface area is 99.4 Å². The van der Waals surface area contributed by atoms with Gasteiger partial charge in [-0.1, -0.05) is 28.1 Å². The summed E-state index contributed by atoms with van der Waals surface area (Å²) in [5, 5.41) is 9.44. The van der Waals surface area contributed by atoms with E-state index in [9.17, 15) is 18.3 Å². The van der Waals surface area contributed by atoms with Gasteiger partial charge < -0.3 is 10.8 Å². The lowest BCUT2D eigenvalue weighted by atomic mass is 9.94. The molecule has 0 aliphatic heterocycles. The summed E-state index contributed by atoms with van der Waals surface area (Å²) in [7, 11) is 0. The Bertz CT molecular complexity index is 369. The van der Waals surface area contributed by atoms with Gasteiger partial charge in [-0.25, -0.2) is 0 Å². The fraction of sp³-hybridized carbons (Fsp3) is 0.400. The highest BCUT2D eigenvalue weighted by molar-refractivity contribution is 9.10. The zero-order valence-electron chi connectivity index (χ0n) is 8.26. The second-order valence-electron chi connectivity index (χ2n) is 3.54. The van der Waals surface area contributed by atoms with E-state index in [0.717, 1.165) is 0 Å². The largest absolute Gasteiger partial charge is 0.418 e. The average molecular weight is 298 g/mol. The molecule has 1 rings (SSSR count). The van der Waals surface area contributed by atoms with Gasteiger partial charge in [0, 0.05) is 17.4 Å². The standard InChI is InChI=1S/C10H11BrF3NO/c11-8-3-1-2-7(4-8)5-9(16,6-15)10(12,13)14/h1-4,16H,5-6,15H2. The molecule has 3 N–H and O–H groups in total. The molecule has 90 valence electrons. The Balaban J connectivity index is 2.94. The van der Waals surface area contributed by atoms with Gasteiger partial charge in [-0.15, -0.1) is 0 Å². The lowest BCUT2D eigenvalue weighted by molar-refractivity contribution is -0.255. The van der Waals surface area contributed by atoms with Gasteiger partial charge in [0.1, 0.15) is 0 Å². The highest BCUT2D eigenvalue weighted by Crippen LogP contribution is 2.32. The second-order valence-corrected chi connectivity index (χ2v) is 4.46. The van der Waals surface area contributed by atoms with Crippen molar-refractivity contribution in [2.24, 2.45) is 5.73 Å². The highest BCUT2D eigenvalue weighted by Gasteiger charge is 2.52. The highest BCUT2D eigenvalue weighted by atomic mass is 79.9. The molecule has 0 amide bonds. The van der Waals surface area contributed by atoms with Crippen LogP contribution in [0, 0.1) is 0 Å². The number of hydrogen-bond donors (Lipinski definition) is 2. The van der Waals surface area contributed by atoms with Crippen LogP contribution in [0.5, 0.6) is 0 Å². The van der Waals surface area contributed by atoms with E-state index in [1.54, 1.807) is 12.1 Å². The van der Waals surface area contributed by atoms with E-state index in [0.29, 0.717) is 10.0 Å². The predicted octanol–water partition coefficient (Wildman–Crippen LogP) is 2.24. The molecule has 0 aliphatic carbocycles. The van der Waals surface area contributed by atoms with Crippen LogP contribution in [0.3, 0.4) is 0 Å². The number of benzene rings is 1. The maximum absolute atomic E-state index is 12.5. The van der Waals surface area contributed by atoms with Gasteiger partial charge in [-0.2, -0.15) is 13.2 Å². The number of nitrogens with two attached hydrogens (primary N) is 1. The minimum atomic E-state index is -4.73. The quantitative estimate of drug-likeness (QED) is 0.899. The lowest BCUT2D eigenvalue weighted by Crippen LogP contribution is -2.52. The zero-order chi connectivity index (χ0) is 12.4. The summed E-state index contributed by atoms with van der Waals surface area (Å²) >= 11 is 3.15. The summed E-state index contributed by atoms with van der Waals surface area (Å²) in [5.41, 5.74) is 2.50. The molecule has 16 heavy (non-hydrogen) atoms. The Morgan fingerprint density at radius 3 is 2.38 bits per heavy atom. The van der Waals surface area contributed by atoms with E-state index in [4.69, 9.17) is 5.73 Å². The number of halogens is 4. The van der Waals surface area contributed by atoms with Gasteiger partial charge in [-0.3, -0.25) is 0 Å². The molecule has 0 aromatic heterocycles. The van der Waals surface area contributed by atoms with Crippen LogP contribution in [0.1, 0.15) is 5.56 Å². The zero-order valence-corrected chi connectivity index (χ0v) is 9.85. The number of hydrogen-bond acceptors (Lipinski definition) is 2. The minimum absolute atomic E-state index is 0.375. The Kier molecular flexibility index (Phi) is 3.98. The fourth-order valence-corrected chi connectivity index (χ4v) is 1.72. The fourth-order valence-electron chi connectivity index (χ4n) is 1.27. The van der Waals surface area contributed by atoms with Crippen LogP contribution in [0.4, 0.5) is 13.2 Å². The molecule has 0 radical (unpaired) electrons. The number of alkyl halides is 3. The van der Waals surface area contributed by atoms with Crippen molar-refractivity contribution in [3.05, 3.63) is 34.3 Å². The van der Waals surface area contributed by atoms with Crippen molar-refractivity contribution in [1.82, 2.24) is 0 Å². The first-order valence-electron chi connectivity index (χ1n) is 4.52. The van der Waals surface area contributed by atoms with Crippen LogP contribution in [-0.2, 0) is 6.42 Å². The van der Waals surface area contributed by atoms with Gasteiger partial charge in [-0.05, 0) is 17.7 Å². The SMILES string of the molecule is NCC(O)(Cc1cccc(Br)c1)C(F)(F)F. The molecule has 0 spiro atoms. The molecular weight excluding hydrogens is 287 g/mol. The van der Waals surface area contributed by atoms with Gasteiger partial charge in [0.25, 0.3) is 0 Å². The van der Waals surface area contributed by atoms with Crippen molar-refractivity contribution in [3.8, 4) is 0 Å². The molecule has 1 aromatic carbocycles. The molecular formula is C10H11BrF3NO. The molecule has 1 atom stereocenters. The van der Waals surface area contributed by atoms with Crippen LogP contribution in [-0.4, -0.2) is 23.4 Å². The van der Waals surface area contributed by atoms with Gasteiger partial charge >= 0.3 is 6.18 Å². The van der Waals surface area contributed by atoms with Crippen molar-refractivity contribution in [1.29, 1.82) is 0 Å². The lowest BCUT2D eigenvalue weighted by Gasteiger charge is -2.29. The Morgan fingerprint density at radius 2 is 1.94 bits per heavy atom. The number of rotatable bonds is 3. The van der Waals surface area contributed by atoms with E-state index >= 15 is 0 Å². The van der Waals surface area contributed by atoms with Crippen LogP contribution in [0.2, 0.25) is 0 Å². The van der Waals surface area contributed by atoms with Crippen molar-refractivity contribution in [2.45, 2.75) is 18.2 Å². The van der Waals surface area contributed by atoms with Crippen molar-refractivity contribution >= 4 is 15.9 Å². The molecule has 6 heteroatoms. The van der Waals surface area contributed by atoms with Gasteiger partial charge in [0.2, 0.25) is 0 Å². The van der Waals surface area contributed by atoms with Crippen molar-refractivity contribution < 1.29 is 18.3 Å². The van der Waals surface area contributed by atoms with Crippen LogP contribution >= 0.6 is 15.9 Å². The first-order chi connectivity index (χ1) is 7.28. The third-order valence-corrected chi connectivity index (χ3v) is 2.74. The smallest absolute Gasteiger partial charge is 0.379 e. The first-order valence-corrected chi connectivity index (χ1v) is 5.31. The Hall–Kier alpha value is -0.590. The number of aliphatic hydroxyl groups is 1. The van der Waals surface area contributed by atoms with Crippen LogP contribution in [0.25, 0.3) is 0 Å². The molecule has 0 aliphatic rings. The maximum atomic E-state index is 12.5. The van der Waals surface area contributed by atoms with E-state index < -0.39 is 24.7 Å². The summed E-state index contributed by atoms with van der Waals surface area (Å²) in [6, 6.07) is 6.33. The average Bonchev–Trinajstić information content (AvgIpc) is 2.15. The normalized spacial score (nSPS) is 15.9. The second kappa shape index (κ2) is 4.73. The van der Waals surface area contributed by atoms with E-state index in [1.165, 1.54) is 12.1 Å². The first kappa shape index (κ1) is 13.5. The van der Waals surface area contributed by atoms with Gasteiger partial charge in [0.05, 0.1) is 0 Å². The molecule has 0 saturated carbocycles. The predicted molar refractivity (Wildman–Crippen MR) is 57.9 cm³/mol. The monoisotopic (exact) mass is 297 g/mol. The third kappa shape index (κ3) is 2.96. The molecule has 0 heterocycles. The summed E-state index contributed by atoms with van der Waals surface area (Å²) in [5.74, 6) is 0. The summed E-state index contributed by atoms with van der Waals surface area (Å²) in [4.78, 5) is 0.